The summed E-state index contributed by atoms with van der Waals surface area (Å²) in [5.41, 5.74) is 10.1. The van der Waals surface area contributed by atoms with Crippen LogP contribution >= 0.6 is 0 Å². The van der Waals surface area contributed by atoms with Gasteiger partial charge in [0.1, 0.15) is 5.52 Å². The van der Waals surface area contributed by atoms with Gasteiger partial charge in [-0.2, -0.15) is 5.10 Å². The normalized spacial score (nSPS) is 11.3. The number of benzene rings is 1. The van der Waals surface area contributed by atoms with E-state index >= 15 is 0 Å². The van der Waals surface area contributed by atoms with Crippen LogP contribution in [0.5, 0.6) is 0 Å². The van der Waals surface area contributed by atoms with Gasteiger partial charge in [-0.1, -0.05) is 30.3 Å². The number of fused-ring (bicyclic) bond motifs is 1. The van der Waals surface area contributed by atoms with Crippen LogP contribution < -0.4 is 5.73 Å². The topological polar surface area (TPSA) is 61.7 Å². The summed E-state index contributed by atoms with van der Waals surface area (Å²) >= 11 is 0. The zero-order valence-electron chi connectivity index (χ0n) is 11.2. The molecule has 98 valence electrons. The number of nitrogen functional groups attached to an aromatic ring is 1. The molecule has 0 unspecified atom stereocenters. The van der Waals surface area contributed by atoms with Gasteiger partial charge in [-0.15, -0.1) is 0 Å². The van der Waals surface area contributed by atoms with E-state index in [1.54, 1.807) is 0 Å². The van der Waals surface area contributed by atoms with Crippen molar-refractivity contribution in [3.05, 3.63) is 41.6 Å². The number of aryl methyl sites for hydroxylation is 2. The Balaban J connectivity index is 2.15. The number of anilines is 1. The monoisotopic (exact) mass is 255 g/mol. The van der Waals surface area contributed by atoms with Crippen molar-refractivity contribution in [2.75, 3.05) is 5.73 Å². The van der Waals surface area contributed by atoms with Crippen LogP contribution in [0.15, 0.2) is 30.3 Å². The Labute approximate surface area is 111 Å². The van der Waals surface area contributed by atoms with E-state index in [0.29, 0.717) is 12.5 Å². The summed E-state index contributed by atoms with van der Waals surface area (Å²) < 4.78 is 3.98. The first-order valence-corrected chi connectivity index (χ1v) is 6.43. The summed E-state index contributed by atoms with van der Waals surface area (Å²) in [6, 6.07) is 10.2. The number of nitrogens with two attached hydrogens (primary N) is 1. The molecule has 0 fully saturated rings. The van der Waals surface area contributed by atoms with Crippen LogP contribution in [0.1, 0.15) is 18.2 Å². The summed E-state index contributed by atoms with van der Waals surface area (Å²) in [5, 5.41) is 4.49. The van der Waals surface area contributed by atoms with Gasteiger partial charge in [-0.05, 0) is 19.4 Å². The fourth-order valence-corrected chi connectivity index (χ4v) is 2.38. The first kappa shape index (κ1) is 11.8. The van der Waals surface area contributed by atoms with Crippen LogP contribution in [0, 0.1) is 6.92 Å². The van der Waals surface area contributed by atoms with Crippen LogP contribution in [-0.4, -0.2) is 19.3 Å². The molecule has 0 aliphatic rings. The highest BCUT2D eigenvalue weighted by Gasteiger charge is 2.16. The Morgan fingerprint density at radius 3 is 2.63 bits per heavy atom. The molecule has 0 amide bonds. The molecule has 3 aromatic rings. The van der Waals surface area contributed by atoms with E-state index in [4.69, 9.17) is 5.73 Å². The number of hydrogen-bond donors (Lipinski definition) is 1. The molecule has 0 saturated carbocycles. The van der Waals surface area contributed by atoms with E-state index in [9.17, 15) is 0 Å². The molecular weight excluding hydrogens is 238 g/mol. The second-order valence-corrected chi connectivity index (χ2v) is 4.62. The van der Waals surface area contributed by atoms with Gasteiger partial charge in [0.15, 0.2) is 5.65 Å². The maximum absolute atomic E-state index is 6.05. The lowest BCUT2D eigenvalue weighted by Crippen LogP contribution is -2.09. The van der Waals surface area contributed by atoms with Crippen molar-refractivity contribution in [3.63, 3.8) is 0 Å². The maximum atomic E-state index is 6.05. The summed E-state index contributed by atoms with van der Waals surface area (Å²) in [5.74, 6) is 0.543. The van der Waals surface area contributed by atoms with Gasteiger partial charge in [0.2, 0.25) is 5.95 Å². The minimum absolute atomic E-state index is 0.543. The molecule has 0 radical (unpaired) electrons. The first-order chi connectivity index (χ1) is 9.20. The predicted molar refractivity (Wildman–Crippen MR) is 75.9 cm³/mol. The summed E-state index contributed by atoms with van der Waals surface area (Å²) in [6.07, 6.45) is 0. The van der Waals surface area contributed by atoms with Gasteiger partial charge >= 0.3 is 0 Å². The van der Waals surface area contributed by atoms with Gasteiger partial charge in [0, 0.05) is 6.54 Å². The lowest BCUT2D eigenvalue weighted by Gasteiger charge is -2.08. The molecule has 5 nitrogen and oxygen atoms in total. The Bertz CT molecular complexity index is 708. The molecule has 3 rings (SSSR count). The molecule has 0 aliphatic heterocycles. The second-order valence-electron chi connectivity index (χ2n) is 4.62. The molecule has 2 aromatic heterocycles. The fraction of sp³-hybridized carbons (Fsp3) is 0.286. The fourth-order valence-electron chi connectivity index (χ4n) is 2.38. The van der Waals surface area contributed by atoms with Gasteiger partial charge < -0.3 is 5.73 Å². The van der Waals surface area contributed by atoms with Gasteiger partial charge in [0.05, 0.1) is 12.2 Å². The van der Waals surface area contributed by atoms with Gasteiger partial charge in [0.25, 0.3) is 0 Å². The third kappa shape index (κ3) is 1.87. The molecule has 19 heavy (non-hydrogen) atoms. The van der Waals surface area contributed by atoms with Crippen LogP contribution in [0.25, 0.3) is 11.2 Å². The molecule has 0 aliphatic carbocycles. The van der Waals surface area contributed by atoms with E-state index in [0.717, 1.165) is 23.4 Å². The van der Waals surface area contributed by atoms with Crippen LogP contribution in [0.3, 0.4) is 0 Å². The van der Waals surface area contributed by atoms with Crippen LogP contribution in [0.2, 0.25) is 0 Å². The Morgan fingerprint density at radius 2 is 1.95 bits per heavy atom. The van der Waals surface area contributed by atoms with Crippen LogP contribution in [0.4, 0.5) is 5.95 Å². The molecule has 2 heterocycles. The molecule has 5 heteroatoms. The van der Waals surface area contributed by atoms with E-state index in [1.165, 1.54) is 5.56 Å². The highest BCUT2D eigenvalue weighted by molar-refractivity contribution is 5.77. The lowest BCUT2D eigenvalue weighted by molar-refractivity contribution is 0.648. The SMILES string of the molecule is CCn1nc(C)c2nc(N)n(Cc3ccccc3)c21. The standard InChI is InChI=1S/C14H17N5/c1-3-19-13-12(10(2)17-19)16-14(15)18(13)9-11-7-5-4-6-8-11/h4-8H,3,9H2,1-2H3,(H2,15,16). The van der Waals surface area contributed by atoms with E-state index in [1.807, 2.05) is 34.4 Å². The van der Waals surface area contributed by atoms with Crippen molar-refractivity contribution in [3.8, 4) is 0 Å². The quantitative estimate of drug-likeness (QED) is 0.780. The molecule has 1 aromatic carbocycles. The molecule has 0 atom stereocenters. The largest absolute Gasteiger partial charge is 0.369 e. The average Bonchev–Trinajstić information content (AvgIpc) is 2.90. The minimum atomic E-state index is 0.543. The second kappa shape index (κ2) is 4.42. The van der Waals surface area contributed by atoms with E-state index in [-0.39, 0.29) is 0 Å². The molecular formula is C14H17N5. The predicted octanol–water partition coefficient (Wildman–Crippen LogP) is 2.19. The molecule has 0 bridgehead atoms. The van der Waals surface area contributed by atoms with Gasteiger partial charge in [-0.25, -0.2) is 9.67 Å². The molecule has 0 saturated heterocycles. The number of nitrogens with zero attached hydrogens (tertiary/aromatic N) is 4. The summed E-state index contributed by atoms with van der Waals surface area (Å²) in [7, 11) is 0. The lowest BCUT2D eigenvalue weighted by atomic mass is 10.2. The van der Waals surface area contributed by atoms with Crippen molar-refractivity contribution in [2.45, 2.75) is 26.9 Å². The highest BCUT2D eigenvalue weighted by atomic mass is 15.4. The van der Waals surface area contributed by atoms with E-state index < -0.39 is 0 Å². The minimum Gasteiger partial charge on any atom is -0.369 e. The van der Waals surface area contributed by atoms with Crippen molar-refractivity contribution in [1.29, 1.82) is 0 Å². The van der Waals surface area contributed by atoms with Crippen molar-refractivity contribution in [2.24, 2.45) is 0 Å². The zero-order chi connectivity index (χ0) is 13.4. The molecule has 0 spiro atoms. The zero-order valence-corrected chi connectivity index (χ0v) is 11.2. The van der Waals surface area contributed by atoms with Crippen molar-refractivity contribution >= 4 is 17.1 Å². The number of imidazole rings is 1. The molecule has 2 N–H and O–H groups in total. The smallest absolute Gasteiger partial charge is 0.202 e. The highest BCUT2D eigenvalue weighted by Crippen LogP contribution is 2.22. The van der Waals surface area contributed by atoms with Gasteiger partial charge in [-0.3, -0.25) is 4.57 Å². The summed E-state index contributed by atoms with van der Waals surface area (Å²) in [6.45, 7) is 5.56. The number of aromatic nitrogens is 4. The maximum Gasteiger partial charge on any atom is 0.202 e. The third-order valence-electron chi connectivity index (χ3n) is 3.31. The summed E-state index contributed by atoms with van der Waals surface area (Å²) in [4.78, 5) is 4.43. The Kier molecular flexibility index (Phi) is 2.74. The number of rotatable bonds is 3. The Morgan fingerprint density at radius 1 is 1.21 bits per heavy atom. The average molecular weight is 255 g/mol. The Hall–Kier alpha value is -2.30. The van der Waals surface area contributed by atoms with Crippen molar-refractivity contribution < 1.29 is 0 Å². The first-order valence-electron chi connectivity index (χ1n) is 6.43. The number of hydrogen-bond acceptors (Lipinski definition) is 3. The van der Waals surface area contributed by atoms with E-state index in [2.05, 4.69) is 29.1 Å². The van der Waals surface area contributed by atoms with Crippen molar-refractivity contribution in [1.82, 2.24) is 19.3 Å². The third-order valence-corrected chi connectivity index (χ3v) is 3.31. The van der Waals surface area contributed by atoms with Crippen LogP contribution in [-0.2, 0) is 13.1 Å².